The monoisotopic (exact) mass is 344 g/mol. The molecule has 1 aliphatic rings. The first-order valence-electron chi connectivity index (χ1n) is 8.62. The molecule has 3 heterocycles. The van der Waals surface area contributed by atoms with Crippen LogP contribution in [0.5, 0.6) is 0 Å². The Morgan fingerprint density at radius 2 is 1.96 bits per heavy atom. The fraction of sp³-hybridized carbons (Fsp3) is 0.286. The van der Waals surface area contributed by atoms with Gasteiger partial charge in [0.1, 0.15) is 5.69 Å². The highest BCUT2D eigenvalue weighted by Crippen LogP contribution is 2.28. The van der Waals surface area contributed by atoms with Gasteiger partial charge in [0.25, 0.3) is 5.56 Å². The van der Waals surface area contributed by atoms with E-state index in [1.165, 1.54) is 0 Å². The van der Waals surface area contributed by atoms with E-state index in [1.807, 2.05) is 43.4 Å². The molecule has 26 heavy (non-hydrogen) atoms. The third-order valence-electron chi connectivity index (χ3n) is 4.53. The molecule has 0 N–H and O–H groups in total. The highest BCUT2D eigenvalue weighted by molar-refractivity contribution is 5.80. The Bertz CT molecular complexity index is 1100. The highest BCUT2D eigenvalue weighted by Gasteiger charge is 2.30. The molecular formula is C21H20N4O. The number of benzene rings is 1. The van der Waals surface area contributed by atoms with Gasteiger partial charge in [-0.1, -0.05) is 25.8 Å². The SMILES string of the molecule is CN1CC(C)(C)Cn2c1nc1cc(C#Cc3ccccn3)ccc1c2=O. The Kier molecular flexibility index (Phi) is 3.77. The topological polar surface area (TPSA) is 51.0 Å². The van der Waals surface area contributed by atoms with E-state index in [-0.39, 0.29) is 11.0 Å². The average Bonchev–Trinajstić information content (AvgIpc) is 2.61. The minimum atomic E-state index is 0.00820. The highest BCUT2D eigenvalue weighted by atomic mass is 16.1. The summed E-state index contributed by atoms with van der Waals surface area (Å²) in [5, 5.41) is 0.628. The molecule has 0 aliphatic carbocycles. The Hall–Kier alpha value is -3.13. The molecule has 0 bridgehead atoms. The predicted octanol–water partition coefficient (Wildman–Crippen LogP) is 2.67. The quantitative estimate of drug-likeness (QED) is 0.589. The fourth-order valence-corrected chi connectivity index (χ4v) is 3.48. The second-order valence-electron chi connectivity index (χ2n) is 7.52. The van der Waals surface area contributed by atoms with Gasteiger partial charge >= 0.3 is 0 Å². The number of anilines is 1. The predicted molar refractivity (Wildman–Crippen MR) is 103 cm³/mol. The lowest BCUT2D eigenvalue weighted by atomic mass is 9.91. The standard InChI is InChI=1S/C21H20N4O/c1-21(2)13-24(3)20-23-18-12-15(7-9-16-6-4-5-11-22-16)8-10-17(18)19(26)25(20)14-21/h4-6,8,10-12H,13-14H2,1-3H3. The lowest BCUT2D eigenvalue weighted by Gasteiger charge is -2.38. The lowest BCUT2D eigenvalue weighted by Crippen LogP contribution is -2.45. The molecule has 0 spiro atoms. The van der Waals surface area contributed by atoms with Crippen molar-refractivity contribution >= 4 is 16.9 Å². The molecule has 5 heteroatoms. The van der Waals surface area contributed by atoms with E-state index in [0.717, 1.165) is 18.1 Å². The zero-order valence-corrected chi connectivity index (χ0v) is 15.2. The number of nitrogens with zero attached hydrogens (tertiary/aromatic N) is 4. The van der Waals surface area contributed by atoms with E-state index in [2.05, 4.69) is 35.6 Å². The molecule has 0 amide bonds. The van der Waals surface area contributed by atoms with Crippen molar-refractivity contribution in [1.82, 2.24) is 14.5 Å². The molecule has 1 aromatic carbocycles. The summed E-state index contributed by atoms with van der Waals surface area (Å²) in [6, 6.07) is 11.2. The molecule has 0 fully saturated rings. The maximum Gasteiger partial charge on any atom is 0.262 e. The van der Waals surface area contributed by atoms with Crippen LogP contribution in [0, 0.1) is 17.3 Å². The number of pyridine rings is 1. The average molecular weight is 344 g/mol. The maximum atomic E-state index is 12.9. The smallest absolute Gasteiger partial charge is 0.262 e. The van der Waals surface area contributed by atoms with Gasteiger partial charge in [-0.2, -0.15) is 0 Å². The molecule has 2 aromatic heterocycles. The van der Waals surface area contributed by atoms with Crippen molar-refractivity contribution < 1.29 is 0 Å². The largest absolute Gasteiger partial charge is 0.345 e. The third kappa shape index (κ3) is 2.95. The van der Waals surface area contributed by atoms with Gasteiger partial charge in [0.15, 0.2) is 0 Å². The molecule has 4 rings (SSSR count). The first kappa shape index (κ1) is 16.3. The Balaban J connectivity index is 1.81. The van der Waals surface area contributed by atoms with Crippen molar-refractivity contribution in [3.63, 3.8) is 0 Å². The van der Waals surface area contributed by atoms with E-state index in [4.69, 9.17) is 4.98 Å². The molecule has 0 unspecified atom stereocenters. The van der Waals surface area contributed by atoms with Crippen LogP contribution >= 0.6 is 0 Å². The molecule has 0 radical (unpaired) electrons. The summed E-state index contributed by atoms with van der Waals surface area (Å²) in [6.07, 6.45) is 1.72. The number of fused-ring (bicyclic) bond motifs is 2. The van der Waals surface area contributed by atoms with Crippen molar-refractivity contribution in [2.75, 3.05) is 18.5 Å². The number of hydrogen-bond acceptors (Lipinski definition) is 4. The van der Waals surface area contributed by atoms with Gasteiger partial charge in [0.05, 0.1) is 10.9 Å². The van der Waals surface area contributed by atoms with Crippen LogP contribution in [0.1, 0.15) is 25.1 Å². The van der Waals surface area contributed by atoms with Crippen molar-refractivity contribution in [3.8, 4) is 11.8 Å². The minimum Gasteiger partial charge on any atom is -0.345 e. The van der Waals surface area contributed by atoms with Crippen molar-refractivity contribution in [3.05, 3.63) is 64.2 Å². The van der Waals surface area contributed by atoms with E-state index in [9.17, 15) is 4.79 Å². The van der Waals surface area contributed by atoms with Gasteiger partial charge < -0.3 is 4.90 Å². The zero-order chi connectivity index (χ0) is 18.3. The summed E-state index contributed by atoms with van der Waals surface area (Å²) in [5.41, 5.74) is 2.26. The lowest BCUT2D eigenvalue weighted by molar-refractivity contribution is 0.282. The molecule has 130 valence electrons. The first-order chi connectivity index (χ1) is 12.4. The summed E-state index contributed by atoms with van der Waals surface area (Å²) >= 11 is 0. The molecule has 5 nitrogen and oxygen atoms in total. The fourth-order valence-electron chi connectivity index (χ4n) is 3.48. The van der Waals surface area contributed by atoms with Gasteiger partial charge in [-0.05, 0) is 36.3 Å². The summed E-state index contributed by atoms with van der Waals surface area (Å²) in [6.45, 7) is 5.87. The summed E-state index contributed by atoms with van der Waals surface area (Å²) < 4.78 is 1.78. The number of hydrogen-bond donors (Lipinski definition) is 0. The zero-order valence-electron chi connectivity index (χ0n) is 15.2. The number of aromatic nitrogens is 3. The molecule has 0 atom stereocenters. The van der Waals surface area contributed by atoms with Gasteiger partial charge in [0, 0.05) is 37.3 Å². The van der Waals surface area contributed by atoms with Crippen LogP contribution in [0.3, 0.4) is 0 Å². The van der Waals surface area contributed by atoms with Crippen LogP contribution < -0.4 is 10.5 Å². The van der Waals surface area contributed by atoms with Crippen LogP contribution in [-0.4, -0.2) is 28.1 Å². The summed E-state index contributed by atoms with van der Waals surface area (Å²) in [7, 11) is 1.98. The van der Waals surface area contributed by atoms with Gasteiger partial charge in [-0.25, -0.2) is 9.97 Å². The van der Waals surface area contributed by atoms with E-state index in [0.29, 0.717) is 23.1 Å². The van der Waals surface area contributed by atoms with Crippen LogP contribution in [0.25, 0.3) is 10.9 Å². The first-order valence-corrected chi connectivity index (χ1v) is 8.62. The van der Waals surface area contributed by atoms with E-state index >= 15 is 0 Å². The Morgan fingerprint density at radius 1 is 1.12 bits per heavy atom. The second kappa shape index (κ2) is 5.99. The molecular weight excluding hydrogens is 324 g/mol. The molecule has 1 aliphatic heterocycles. The van der Waals surface area contributed by atoms with Crippen LogP contribution in [-0.2, 0) is 6.54 Å². The molecule has 0 saturated carbocycles. The molecule has 0 saturated heterocycles. The second-order valence-corrected chi connectivity index (χ2v) is 7.52. The van der Waals surface area contributed by atoms with Crippen LogP contribution in [0.2, 0.25) is 0 Å². The summed E-state index contributed by atoms with van der Waals surface area (Å²) in [5.74, 6) is 6.86. The molecule has 3 aromatic rings. The van der Waals surface area contributed by atoms with Gasteiger partial charge in [-0.15, -0.1) is 0 Å². The third-order valence-corrected chi connectivity index (χ3v) is 4.53. The van der Waals surface area contributed by atoms with E-state index < -0.39 is 0 Å². The normalized spacial score (nSPS) is 15.3. The van der Waals surface area contributed by atoms with Crippen molar-refractivity contribution in [2.24, 2.45) is 5.41 Å². The van der Waals surface area contributed by atoms with Crippen LogP contribution in [0.4, 0.5) is 5.95 Å². The number of rotatable bonds is 0. The maximum absolute atomic E-state index is 12.9. The minimum absolute atomic E-state index is 0.00820. The van der Waals surface area contributed by atoms with E-state index in [1.54, 1.807) is 10.8 Å². The Labute approximate surface area is 152 Å². The van der Waals surface area contributed by atoms with Crippen LogP contribution in [0.15, 0.2) is 47.4 Å². The summed E-state index contributed by atoms with van der Waals surface area (Å²) in [4.78, 5) is 23.9. The Morgan fingerprint density at radius 3 is 2.73 bits per heavy atom. The van der Waals surface area contributed by atoms with Crippen molar-refractivity contribution in [2.45, 2.75) is 20.4 Å². The van der Waals surface area contributed by atoms with Crippen molar-refractivity contribution in [1.29, 1.82) is 0 Å². The van der Waals surface area contributed by atoms with Gasteiger partial charge in [0.2, 0.25) is 5.95 Å². The van der Waals surface area contributed by atoms with Gasteiger partial charge in [-0.3, -0.25) is 9.36 Å².